The number of nitrogens with one attached hydrogen (secondary N) is 2. The molecule has 0 aliphatic heterocycles. The Morgan fingerprint density at radius 2 is 1.47 bits per heavy atom. The molecule has 2 aromatic carbocycles. The lowest BCUT2D eigenvalue weighted by Gasteiger charge is -2.28. The van der Waals surface area contributed by atoms with Crippen LogP contribution in [0.3, 0.4) is 0 Å². The van der Waals surface area contributed by atoms with Crippen molar-refractivity contribution in [3.05, 3.63) is 59.7 Å². The predicted octanol–water partition coefficient (Wildman–Crippen LogP) is 4.70. The van der Waals surface area contributed by atoms with E-state index < -0.39 is 29.6 Å². The Morgan fingerprint density at radius 1 is 0.941 bits per heavy atom. The molecule has 0 saturated carbocycles. The Bertz CT molecular complexity index is 1030. The van der Waals surface area contributed by atoms with Gasteiger partial charge >= 0.3 is 12.1 Å². The number of alkyl carbamates (subject to hydrolysis) is 1. The number of amides is 2. The van der Waals surface area contributed by atoms with Gasteiger partial charge in [-0.2, -0.15) is 0 Å². The lowest BCUT2D eigenvalue weighted by Crippen LogP contribution is -2.51. The number of rotatable bonds is 8. The minimum absolute atomic E-state index is 0.0435. The second-order valence-electron chi connectivity index (χ2n) is 10.6. The summed E-state index contributed by atoms with van der Waals surface area (Å²) in [6, 6.07) is 15.7. The van der Waals surface area contributed by atoms with E-state index in [2.05, 4.69) is 34.9 Å². The first-order valence-electron chi connectivity index (χ1n) is 11.5. The highest BCUT2D eigenvalue weighted by molar-refractivity contribution is 5.86. The third kappa shape index (κ3) is 6.16. The summed E-state index contributed by atoms with van der Waals surface area (Å²) in [5.74, 6) is -1.63. The fourth-order valence-electron chi connectivity index (χ4n) is 4.40. The number of ether oxygens (including phenoxy) is 1. The number of aliphatic carboxylic acids is 1. The third-order valence-electron chi connectivity index (χ3n) is 5.94. The fraction of sp³-hybridized carbons (Fsp3) is 0.444. The van der Waals surface area contributed by atoms with Crippen LogP contribution in [0.2, 0.25) is 0 Å². The zero-order valence-corrected chi connectivity index (χ0v) is 20.5. The van der Waals surface area contributed by atoms with E-state index in [1.807, 2.05) is 45.0 Å². The lowest BCUT2D eigenvalue weighted by atomic mass is 9.87. The molecular formula is C27H34N2O5. The molecular weight excluding hydrogens is 432 g/mol. The third-order valence-corrected chi connectivity index (χ3v) is 5.94. The predicted molar refractivity (Wildman–Crippen MR) is 131 cm³/mol. The molecule has 0 spiro atoms. The van der Waals surface area contributed by atoms with Crippen LogP contribution in [-0.4, -0.2) is 41.3 Å². The van der Waals surface area contributed by atoms with E-state index in [4.69, 9.17) is 4.74 Å². The van der Waals surface area contributed by atoms with E-state index in [1.54, 1.807) is 0 Å². The molecule has 1 atom stereocenters. The highest BCUT2D eigenvalue weighted by Crippen LogP contribution is 2.44. The molecule has 3 rings (SSSR count). The van der Waals surface area contributed by atoms with Crippen molar-refractivity contribution in [1.82, 2.24) is 10.6 Å². The number of carbonyl (C=O) groups excluding carboxylic acids is 2. The molecule has 2 amide bonds. The van der Waals surface area contributed by atoms with Crippen molar-refractivity contribution >= 4 is 18.0 Å². The molecule has 182 valence electrons. The summed E-state index contributed by atoms with van der Waals surface area (Å²) < 4.78 is 5.63. The number of fused-ring (bicyclic) bond motifs is 3. The first-order chi connectivity index (χ1) is 15.9. The second kappa shape index (κ2) is 9.87. The van der Waals surface area contributed by atoms with Gasteiger partial charge in [0.15, 0.2) is 0 Å². The normalized spacial score (nSPS) is 14.0. The molecule has 0 aromatic heterocycles. The van der Waals surface area contributed by atoms with Crippen LogP contribution in [0.4, 0.5) is 4.79 Å². The van der Waals surface area contributed by atoms with Gasteiger partial charge in [-0.05, 0) is 47.9 Å². The number of carboxylic acid groups (broad SMARTS) is 1. The topological polar surface area (TPSA) is 105 Å². The number of hydrogen-bond donors (Lipinski definition) is 3. The average Bonchev–Trinajstić information content (AvgIpc) is 3.04. The van der Waals surface area contributed by atoms with Crippen molar-refractivity contribution in [3.8, 4) is 11.1 Å². The molecule has 7 nitrogen and oxygen atoms in total. The zero-order chi connectivity index (χ0) is 25.1. The monoisotopic (exact) mass is 466 g/mol. The van der Waals surface area contributed by atoms with Gasteiger partial charge in [-0.3, -0.25) is 4.79 Å². The molecule has 0 radical (unpaired) electrons. The molecule has 34 heavy (non-hydrogen) atoms. The van der Waals surface area contributed by atoms with Crippen molar-refractivity contribution in [2.45, 2.75) is 65.0 Å². The first-order valence-corrected chi connectivity index (χ1v) is 11.5. The van der Waals surface area contributed by atoms with Crippen molar-refractivity contribution in [3.63, 3.8) is 0 Å². The highest BCUT2D eigenvalue weighted by Gasteiger charge is 2.32. The van der Waals surface area contributed by atoms with E-state index in [9.17, 15) is 19.5 Å². The Balaban J connectivity index is 1.66. The molecule has 0 saturated heterocycles. The van der Waals surface area contributed by atoms with Gasteiger partial charge in [-0.15, -0.1) is 0 Å². The van der Waals surface area contributed by atoms with E-state index in [0.29, 0.717) is 6.42 Å². The van der Waals surface area contributed by atoms with Gasteiger partial charge in [0.05, 0.1) is 0 Å². The van der Waals surface area contributed by atoms with Crippen molar-refractivity contribution < 1.29 is 24.2 Å². The Hall–Kier alpha value is -3.35. The number of hydrogen-bond acceptors (Lipinski definition) is 4. The Kier molecular flexibility index (Phi) is 7.34. The quantitative estimate of drug-likeness (QED) is 0.523. The van der Waals surface area contributed by atoms with E-state index in [0.717, 1.165) is 22.3 Å². The lowest BCUT2D eigenvalue weighted by molar-refractivity contribution is -0.146. The summed E-state index contributed by atoms with van der Waals surface area (Å²) in [6.45, 7) is 9.06. The van der Waals surface area contributed by atoms with Gasteiger partial charge in [0, 0.05) is 18.4 Å². The first kappa shape index (κ1) is 25.3. The van der Waals surface area contributed by atoms with Gasteiger partial charge in [0.1, 0.15) is 12.1 Å². The van der Waals surface area contributed by atoms with Crippen LogP contribution in [0.25, 0.3) is 11.1 Å². The van der Waals surface area contributed by atoms with Gasteiger partial charge in [0.25, 0.3) is 0 Å². The molecule has 0 fully saturated rings. The SMILES string of the molecule is CC(C)(C)CC(CC(=O)NC(C)(C)C(=O)O)NC(=O)OCC1c2ccccc2-c2ccccc21. The van der Waals surface area contributed by atoms with Crippen LogP contribution in [0.15, 0.2) is 48.5 Å². The minimum atomic E-state index is -1.40. The summed E-state index contributed by atoms with van der Waals surface area (Å²) in [7, 11) is 0. The average molecular weight is 467 g/mol. The van der Waals surface area contributed by atoms with Crippen molar-refractivity contribution in [2.24, 2.45) is 5.41 Å². The highest BCUT2D eigenvalue weighted by atomic mass is 16.5. The molecule has 1 aliphatic carbocycles. The molecule has 7 heteroatoms. The largest absolute Gasteiger partial charge is 0.480 e. The van der Waals surface area contributed by atoms with Crippen LogP contribution < -0.4 is 10.6 Å². The summed E-state index contributed by atoms with van der Waals surface area (Å²) in [5.41, 5.74) is 2.98. The summed E-state index contributed by atoms with van der Waals surface area (Å²) in [5, 5.41) is 14.6. The Morgan fingerprint density at radius 3 is 1.97 bits per heavy atom. The number of carboxylic acids is 1. The smallest absolute Gasteiger partial charge is 0.407 e. The van der Waals surface area contributed by atoms with E-state index in [1.165, 1.54) is 13.8 Å². The van der Waals surface area contributed by atoms with Crippen LogP contribution in [0.5, 0.6) is 0 Å². The maximum Gasteiger partial charge on any atom is 0.407 e. The molecule has 2 aromatic rings. The van der Waals surface area contributed by atoms with Gasteiger partial charge in [0.2, 0.25) is 5.91 Å². The molecule has 1 aliphatic rings. The fourth-order valence-corrected chi connectivity index (χ4v) is 4.40. The van der Waals surface area contributed by atoms with E-state index >= 15 is 0 Å². The second-order valence-corrected chi connectivity index (χ2v) is 10.6. The maximum atomic E-state index is 12.7. The Labute approximate surface area is 200 Å². The number of carbonyl (C=O) groups is 3. The summed E-state index contributed by atoms with van der Waals surface area (Å²) >= 11 is 0. The molecule has 0 heterocycles. The molecule has 1 unspecified atom stereocenters. The van der Waals surface area contributed by atoms with E-state index in [-0.39, 0.29) is 24.4 Å². The van der Waals surface area contributed by atoms with Crippen LogP contribution in [-0.2, 0) is 14.3 Å². The van der Waals surface area contributed by atoms with Gasteiger partial charge < -0.3 is 20.5 Å². The van der Waals surface area contributed by atoms with Crippen LogP contribution >= 0.6 is 0 Å². The summed E-state index contributed by atoms with van der Waals surface area (Å²) in [4.78, 5) is 36.6. The van der Waals surface area contributed by atoms with Gasteiger partial charge in [-0.1, -0.05) is 69.3 Å². The standard InChI is InChI=1S/C27H34N2O5/c1-26(2,3)15-17(14-23(30)29-27(4,5)24(31)32)28-25(33)34-16-22-20-12-8-6-10-18(20)19-11-7-9-13-21(19)22/h6-13,17,22H,14-16H2,1-5H3,(H,28,33)(H,29,30)(H,31,32). The van der Waals surface area contributed by atoms with Crippen LogP contribution in [0, 0.1) is 5.41 Å². The van der Waals surface area contributed by atoms with Crippen molar-refractivity contribution in [2.75, 3.05) is 6.61 Å². The maximum absolute atomic E-state index is 12.7. The zero-order valence-electron chi connectivity index (χ0n) is 20.5. The van der Waals surface area contributed by atoms with Crippen LogP contribution in [0.1, 0.15) is 64.5 Å². The number of benzene rings is 2. The minimum Gasteiger partial charge on any atom is -0.480 e. The molecule has 0 bridgehead atoms. The van der Waals surface area contributed by atoms with Gasteiger partial charge in [-0.25, -0.2) is 9.59 Å². The van der Waals surface area contributed by atoms with Crippen molar-refractivity contribution in [1.29, 1.82) is 0 Å². The molecule has 3 N–H and O–H groups in total. The summed E-state index contributed by atoms with van der Waals surface area (Å²) in [6.07, 6.45) is -0.113.